The SMILES string of the molecule is CC1CCCC(NC(=O)COC(=O)C2CCCN2S(=O)(=O)c2ccc(Cl)cc2)C1C. The molecule has 1 saturated heterocycles. The first kappa shape index (κ1) is 23.0. The van der Waals surface area contributed by atoms with Gasteiger partial charge in [-0.15, -0.1) is 0 Å². The van der Waals surface area contributed by atoms with Gasteiger partial charge in [-0.05, 0) is 55.4 Å². The van der Waals surface area contributed by atoms with Crippen LogP contribution < -0.4 is 5.32 Å². The lowest BCUT2D eigenvalue weighted by molar-refractivity contribution is -0.152. The third-order valence-electron chi connectivity index (χ3n) is 6.29. The molecule has 1 aliphatic heterocycles. The second kappa shape index (κ2) is 9.66. The van der Waals surface area contributed by atoms with Crippen LogP contribution in [0.15, 0.2) is 29.2 Å². The highest BCUT2D eigenvalue weighted by Gasteiger charge is 2.40. The topological polar surface area (TPSA) is 92.8 Å². The lowest BCUT2D eigenvalue weighted by Gasteiger charge is -2.34. The van der Waals surface area contributed by atoms with E-state index in [9.17, 15) is 18.0 Å². The molecule has 0 radical (unpaired) electrons. The van der Waals surface area contributed by atoms with Gasteiger partial charge in [0.1, 0.15) is 6.04 Å². The highest BCUT2D eigenvalue weighted by atomic mass is 35.5. The van der Waals surface area contributed by atoms with Gasteiger partial charge in [0.25, 0.3) is 5.91 Å². The van der Waals surface area contributed by atoms with Crippen LogP contribution in [-0.4, -0.2) is 49.8 Å². The Hall–Kier alpha value is -1.64. The van der Waals surface area contributed by atoms with Crippen LogP contribution >= 0.6 is 11.6 Å². The maximum Gasteiger partial charge on any atom is 0.324 e. The zero-order valence-electron chi connectivity index (χ0n) is 17.3. The van der Waals surface area contributed by atoms with Crippen molar-refractivity contribution in [2.45, 2.75) is 62.9 Å². The van der Waals surface area contributed by atoms with Crippen molar-refractivity contribution in [3.8, 4) is 0 Å². The molecule has 3 rings (SSSR count). The summed E-state index contributed by atoms with van der Waals surface area (Å²) >= 11 is 5.84. The first-order chi connectivity index (χ1) is 14.2. The minimum Gasteiger partial charge on any atom is -0.454 e. The zero-order chi connectivity index (χ0) is 21.9. The van der Waals surface area contributed by atoms with E-state index in [-0.39, 0.29) is 23.4 Å². The smallest absolute Gasteiger partial charge is 0.324 e. The summed E-state index contributed by atoms with van der Waals surface area (Å²) in [5, 5.41) is 3.39. The molecule has 166 valence electrons. The minimum atomic E-state index is -3.85. The van der Waals surface area contributed by atoms with Gasteiger partial charge in [-0.3, -0.25) is 9.59 Å². The summed E-state index contributed by atoms with van der Waals surface area (Å²) in [5.41, 5.74) is 0. The van der Waals surface area contributed by atoms with Gasteiger partial charge >= 0.3 is 5.97 Å². The number of carbonyl (C=O) groups excluding carboxylic acids is 2. The van der Waals surface area contributed by atoms with E-state index < -0.39 is 28.6 Å². The fourth-order valence-electron chi connectivity index (χ4n) is 4.27. The number of nitrogens with one attached hydrogen (secondary N) is 1. The molecule has 7 nitrogen and oxygen atoms in total. The molecule has 1 saturated carbocycles. The summed E-state index contributed by atoms with van der Waals surface area (Å²) in [5.74, 6) is -0.130. The van der Waals surface area contributed by atoms with Gasteiger partial charge in [-0.1, -0.05) is 38.3 Å². The molecule has 0 aromatic heterocycles. The molecule has 4 atom stereocenters. The van der Waals surface area contributed by atoms with Crippen LogP contribution in [0.4, 0.5) is 0 Å². The second-order valence-electron chi connectivity index (χ2n) is 8.28. The maximum absolute atomic E-state index is 12.9. The summed E-state index contributed by atoms with van der Waals surface area (Å²) in [6.45, 7) is 4.13. The van der Waals surface area contributed by atoms with Crippen LogP contribution in [0.5, 0.6) is 0 Å². The Labute approximate surface area is 183 Å². The molecular formula is C21H29ClN2O5S. The average molecular weight is 457 g/mol. The van der Waals surface area contributed by atoms with E-state index in [1.807, 2.05) is 0 Å². The predicted molar refractivity (Wildman–Crippen MR) is 113 cm³/mol. The number of halogens is 1. The molecular weight excluding hydrogens is 428 g/mol. The lowest BCUT2D eigenvalue weighted by Crippen LogP contribution is -2.46. The van der Waals surface area contributed by atoms with E-state index in [1.165, 1.54) is 24.3 Å². The van der Waals surface area contributed by atoms with Gasteiger partial charge in [0.2, 0.25) is 10.0 Å². The molecule has 1 N–H and O–H groups in total. The quantitative estimate of drug-likeness (QED) is 0.664. The van der Waals surface area contributed by atoms with E-state index >= 15 is 0 Å². The largest absolute Gasteiger partial charge is 0.454 e. The highest BCUT2D eigenvalue weighted by molar-refractivity contribution is 7.89. The zero-order valence-corrected chi connectivity index (χ0v) is 18.9. The summed E-state index contributed by atoms with van der Waals surface area (Å²) in [6.07, 6.45) is 4.06. The van der Waals surface area contributed by atoms with Gasteiger partial charge in [-0.25, -0.2) is 8.42 Å². The summed E-state index contributed by atoms with van der Waals surface area (Å²) < 4.78 is 32.2. The standard InChI is InChI=1S/C21H29ClN2O5S/c1-14-5-3-6-18(15(14)2)23-20(25)13-29-21(26)19-7-4-12-24(19)30(27,28)17-10-8-16(22)9-11-17/h8-11,14-15,18-19H,3-7,12-13H2,1-2H3,(H,23,25). The van der Waals surface area contributed by atoms with Crippen LogP contribution in [0.3, 0.4) is 0 Å². The van der Waals surface area contributed by atoms with Crippen LogP contribution in [0, 0.1) is 11.8 Å². The first-order valence-corrected chi connectivity index (χ1v) is 12.3. The Bertz CT molecular complexity index is 874. The Balaban J connectivity index is 1.58. The fourth-order valence-corrected chi connectivity index (χ4v) is 6.05. The minimum absolute atomic E-state index is 0.0738. The summed E-state index contributed by atoms with van der Waals surface area (Å²) in [4.78, 5) is 24.9. The van der Waals surface area contributed by atoms with Crippen LogP contribution in [-0.2, 0) is 24.3 Å². The number of amides is 1. The van der Waals surface area contributed by atoms with E-state index in [2.05, 4.69) is 19.2 Å². The number of carbonyl (C=O) groups is 2. The summed E-state index contributed by atoms with van der Waals surface area (Å²) in [6, 6.07) is 4.97. The maximum atomic E-state index is 12.9. The summed E-state index contributed by atoms with van der Waals surface area (Å²) in [7, 11) is -3.85. The van der Waals surface area contributed by atoms with Crippen molar-refractivity contribution >= 4 is 33.5 Å². The molecule has 0 bridgehead atoms. The number of rotatable bonds is 6. The van der Waals surface area contributed by atoms with Crippen LogP contribution in [0.25, 0.3) is 0 Å². The van der Waals surface area contributed by atoms with Crippen molar-refractivity contribution in [3.63, 3.8) is 0 Å². The van der Waals surface area contributed by atoms with Gasteiger partial charge in [-0.2, -0.15) is 4.31 Å². The van der Waals surface area contributed by atoms with Crippen LogP contribution in [0.1, 0.15) is 46.0 Å². The number of hydrogen-bond donors (Lipinski definition) is 1. The predicted octanol–water partition coefficient (Wildman–Crippen LogP) is 2.98. The van der Waals surface area contributed by atoms with Gasteiger partial charge < -0.3 is 10.1 Å². The third kappa shape index (κ3) is 5.15. The molecule has 1 aliphatic carbocycles. The number of hydrogen-bond acceptors (Lipinski definition) is 5. The number of sulfonamides is 1. The highest BCUT2D eigenvalue weighted by Crippen LogP contribution is 2.30. The van der Waals surface area contributed by atoms with Gasteiger partial charge in [0.15, 0.2) is 6.61 Å². The Morgan fingerprint density at radius 3 is 2.53 bits per heavy atom. The third-order valence-corrected chi connectivity index (χ3v) is 8.47. The van der Waals surface area contributed by atoms with E-state index in [4.69, 9.17) is 16.3 Å². The van der Waals surface area contributed by atoms with Crippen molar-refractivity contribution in [3.05, 3.63) is 29.3 Å². The van der Waals surface area contributed by atoms with Crippen molar-refractivity contribution < 1.29 is 22.7 Å². The Morgan fingerprint density at radius 2 is 1.83 bits per heavy atom. The lowest BCUT2D eigenvalue weighted by atomic mass is 9.78. The molecule has 1 heterocycles. The molecule has 1 aromatic carbocycles. The van der Waals surface area contributed by atoms with Crippen LogP contribution in [0.2, 0.25) is 5.02 Å². The first-order valence-electron chi connectivity index (χ1n) is 10.4. The molecule has 4 unspecified atom stereocenters. The molecule has 9 heteroatoms. The van der Waals surface area contributed by atoms with Gasteiger partial charge in [0.05, 0.1) is 4.90 Å². The molecule has 2 fully saturated rings. The monoisotopic (exact) mass is 456 g/mol. The van der Waals surface area contributed by atoms with Crippen molar-refractivity contribution in [1.82, 2.24) is 9.62 Å². The van der Waals surface area contributed by atoms with E-state index in [0.29, 0.717) is 29.7 Å². The molecule has 30 heavy (non-hydrogen) atoms. The Kier molecular flexibility index (Phi) is 7.42. The van der Waals surface area contributed by atoms with Crippen molar-refractivity contribution in [2.75, 3.05) is 13.2 Å². The number of benzene rings is 1. The van der Waals surface area contributed by atoms with E-state index in [1.54, 1.807) is 0 Å². The number of nitrogens with zero attached hydrogens (tertiary/aromatic N) is 1. The van der Waals surface area contributed by atoms with E-state index in [0.717, 1.165) is 23.6 Å². The molecule has 0 spiro atoms. The molecule has 1 aromatic rings. The Morgan fingerprint density at radius 1 is 1.13 bits per heavy atom. The number of ether oxygens (including phenoxy) is 1. The molecule has 1 amide bonds. The average Bonchev–Trinajstić information content (AvgIpc) is 3.21. The number of esters is 1. The second-order valence-corrected chi connectivity index (χ2v) is 10.6. The normalized spacial score (nSPS) is 27.6. The van der Waals surface area contributed by atoms with Crippen molar-refractivity contribution in [2.24, 2.45) is 11.8 Å². The molecule has 2 aliphatic rings. The fraction of sp³-hybridized carbons (Fsp3) is 0.619. The van der Waals surface area contributed by atoms with Gasteiger partial charge in [0, 0.05) is 17.6 Å². The van der Waals surface area contributed by atoms with Crippen molar-refractivity contribution in [1.29, 1.82) is 0 Å².